The summed E-state index contributed by atoms with van der Waals surface area (Å²) in [5, 5.41) is 2.86. The van der Waals surface area contributed by atoms with Crippen LogP contribution in [0.3, 0.4) is 0 Å². The van der Waals surface area contributed by atoms with Gasteiger partial charge in [0.15, 0.2) is 0 Å². The van der Waals surface area contributed by atoms with E-state index in [1.807, 2.05) is 0 Å². The molecule has 344 valence electrons. The summed E-state index contributed by atoms with van der Waals surface area (Å²) >= 11 is 0. The monoisotopic (exact) mass is 878 g/mol. The van der Waals surface area contributed by atoms with Crippen molar-refractivity contribution in [2.45, 2.75) is 83.4 Å². The fourth-order valence-electron chi connectivity index (χ4n) is 9.58. The maximum Gasteiger partial charge on any atom is 0.416 e. The standard InChI is InChI=1S/C27H37N3O.C22H30F4N4O2/c1-23(31)22-29-14-11-24(12-15-29)10-13-28-16-18-30(19-17-28)27-9-5-8-26(21-27)20-25-6-3-2-4-7-25;23-18-6-3-16(22(24,25)26)13-19(18)30-11-9-29(10-12-30)8-7-15-1-4-17(5-2-15)28-21(32)14-20(27)31/h2-9,21,24H,10-20,22H2,1H3;3,6,13,15,17H,1-2,4-5,7-12,14H2,(H2,27,31)(H,28,32). The molecule has 1 saturated carbocycles. The molecule has 3 aliphatic heterocycles. The predicted molar refractivity (Wildman–Crippen MR) is 241 cm³/mol. The molecule has 2 amide bonds. The molecule has 4 fully saturated rings. The number of nitrogens with zero attached hydrogens (tertiary/aromatic N) is 5. The molecule has 0 bridgehead atoms. The van der Waals surface area contributed by atoms with Gasteiger partial charge in [0.25, 0.3) is 0 Å². The second-order valence-corrected chi connectivity index (χ2v) is 18.1. The Balaban J connectivity index is 0.000000210. The number of hydrogen-bond acceptors (Lipinski definition) is 8. The first-order chi connectivity index (χ1) is 30.3. The Hall–Kier alpha value is -4.53. The number of amides is 2. The van der Waals surface area contributed by atoms with Crippen molar-refractivity contribution in [3.8, 4) is 0 Å². The molecule has 63 heavy (non-hydrogen) atoms. The van der Waals surface area contributed by atoms with Crippen molar-refractivity contribution in [2.75, 3.05) is 94.9 Å². The van der Waals surface area contributed by atoms with Crippen LogP contribution in [0.1, 0.15) is 81.4 Å². The number of alkyl halides is 3. The molecule has 0 spiro atoms. The number of hydrogen-bond donors (Lipinski definition) is 2. The molecule has 0 aromatic heterocycles. The zero-order chi connectivity index (χ0) is 44.8. The van der Waals surface area contributed by atoms with Crippen LogP contribution in [0.4, 0.5) is 28.9 Å². The van der Waals surface area contributed by atoms with E-state index in [4.69, 9.17) is 5.73 Å². The number of halogens is 4. The molecule has 3 aromatic carbocycles. The molecule has 3 N–H and O–H groups in total. The van der Waals surface area contributed by atoms with Gasteiger partial charge in [-0.3, -0.25) is 29.1 Å². The first kappa shape index (κ1) is 47.9. The number of piperidine rings is 1. The van der Waals surface area contributed by atoms with Gasteiger partial charge < -0.3 is 20.9 Å². The number of piperazine rings is 2. The topological polar surface area (TPSA) is 105 Å². The van der Waals surface area contributed by atoms with E-state index in [1.54, 1.807) is 11.8 Å². The van der Waals surface area contributed by atoms with Gasteiger partial charge in [-0.1, -0.05) is 42.5 Å². The van der Waals surface area contributed by atoms with Crippen LogP contribution in [0.2, 0.25) is 0 Å². The average molecular weight is 878 g/mol. The highest BCUT2D eigenvalue weighted by atomic mass is 19.4. The van der Waals surface area contributed by atoms with E-state index >= 15 is 0 Å². The summed E-state index contributed by atoms with van der Waals surface area (Å²) in [4.78, 5) is 45.2. The fourth-order valence-corrected chi connectivity index (χ4v) is 9.58. The largest absolute Gasteiger partial charge is 0.416 e. The minimum Gasteiger partial charge on any atom is -0.369 e. The normalized spacial score (nSPS) is 20.8. The second-order valence-electron chi connectivity index (χ2n) is 18.1. The van der Waals surface area contributed by atoms with Crippen molar-refractivity contribution in [1.82, 2.24) is 20.0 Å². The van der Waals surface area contributed by atoms with Gasteiger partial charge in [0, 0.05) is 64.1 Å². The summed E-state index contributed by atoms with van der Waals surface area (Å²) in [6.45, 7) is 13.5. The van der Waals surface area contributed by atoms with Gasteiger partial charge in [0.1, 0.15) is 18.0 Å². The zero-order valence-electron chi connectivity index (χ0n) is 37.0. The van der Waals surface area contributed by atoms with Crippen molar-refractivity contribution in [3.63, 3.8) is 0 Å². The molecule has 7 rings (SSSR count). The first-order valence-corrected chi connectivity index (χ1v) is 23.0. The van der Waals surface area contributed by atoms with Crippen LogP contribution >= 0.6 is 0 Å². The van der Waals surface area contributed by atoms with Gasteiger partial charge in [0.05, 0.1) is 17.8 Å². The Morgan fingerprint density at radius 1 is 0.667 bits per heavy atom. The molecule has 1 aliphatic carbocycles. The van der Waals surface area contributed by atoms with Gasteiger partial charge in [-0.05, 0) is 144 Å². The Kier molecular flexibility index (Phi) is 17.8. The summed E-state index contributed by atoms with van der Waals surface area (Å²) in [5.74, 6) is 0.0882. The molecule has 3 heterocycles. The molecule has 14 heteroatoms. The third-order valence-corrected chi connectivity index (χ3v) is 13.3. The van der Waals surface area contributed by atoms with Gasteiger partial charge in [-0.25, -0.2) is 4.39 Å². The Morgan fingerprint density at radius 3 is 1.84 bits per heavy atom. The summed E-state index contributed by atoms with van der Waals surface area (Å²) in [6.07, 6.45) is 4.79. The van der Waals surface area contributed by atoms with Crippen LogP contribution in [0.15, 0.2) is 72.8 Å². The first-order valence-electron chi connectivity index (χ1n) is 23.0. The molecule has 0 radical (unpaired) electrons. The molecular formula is C49H67F4N7O3. The van der Waals surface area contributed by atoms with E-state index in [1.165, 1.54) is 42.6 Å². The fraction of sp³-hybridized carbons (Fsp3) is 0.571. The van der Waals surface area contributed by atoms with Crippen LogP contribution in [0.5, 0.6) is 0 Å². The number of benzene rings is 3. The van der Waals surface area contributed by atoms with Gasteiger partial charge in [-0.2, -0.15) is 13.2 Å². The predicted octanol–water partition coefficient (Wildman–Crippen LogP) is 7.00. The molecular weight excluding hydrogens is 811 g/mol. The average Bonchev–Trinajstić information content (AvgIpc) is 3.26. The van der Waals surface area contributed by atoms with Crippen molar-refractivity contribution >= 4 is 29.0 Å². The Morgan fingerprint density at radius 2 is 1.25 bits per heavy atom. The van der Waals surface area contributed by atoms with Crippen LogP contribution < -0.4 is 20.9 Å². The minimum atomic E-state index is -4.49. The summed E-state index contributed by atoms with van der Waals surface area (Å²) in [7, 11) is 0. The third kappa shape index (κ3) is 15.6. The SMILES string of the molecule is CC(=O)CN1CCC(CCN2CCN(c3cccc(Cc4ccccc4)c3)CC2)CC1.NC(=O)CC(=O)NC1CCC(CCN2CCN(c3cc(C(F)(F)F)ccc3F)CC2)CC1. The minimum absolute atomic E-state index is 0.0104. The molecule has 4 aliphatic rings. The van der Waals surface area contributed by atoms with Gasteiger partial charge in [-0.15, -0.1) is 0 Å². The number of anilines is 2. The number of carbonyl (C=O) groups is 3. The van der Waals surface area contributed by atoms with E-state index in [2.05, 4.69) is 79.5 Å². The van der Waals surface area contributed by atoms with Crippen LogP contribution in [-0.4, -0.2) is 123 Å². The lowest BCUT2D eigenvalue weighted by Crippen LogP contribution is -2.47. The van der Waals surface area contributed by atoms with Crippen molar-refractivity contribution in [2.24, 2.45) is 17.6 Å². The number of nitrogens with two attached hydrogens (primary N) is 1. The second kappa shape index (κ2) is 23.4. The molecule has 0 atom stereocenters. The number of ketones is 1. The Bertz CT molecular complexity index is 1900. The van der Waals surface area contributed by atoms with Crippen LogP contribution in [0, 0.1) is 17.7 Å². The van der Waals surface area contributed by atoms with Gasteiger partial charge in [0.2, 0.25) is 11.8 Å². The van der Waals surface area contributed by atoms with E-state index in [9.17, 15) is 31.9 Å². The quantitative estimate of drug-likeness (QED) is 0.124. The molecule has 3 saturated heterocycles. The van der Waals surface area contributed by atoms with E-state index in [0.29, 0.717) is 44.4 Å². The highest BCUT2D eigenvalue weighted by Gasteiger charge is 2.32. The maximum atomic E-state index is 14.1. The third-order valence-electron chi connectivity index (χ3n) is 13.3. The lowest BCUT2D eigenvalue weighted by atomic mass is 9.84. The lowest BCUT2D eigenvalue weighted by Gasteiger charge is -2.37. The van der Waals surface area contributed by atoms with E-state index in [-0.39, 0.29) is 24.1 Å². The van der Waals surface area contributed by atoms with Crippen molar-refractivity contribution in [3.05, 3.63) is 95.3 Å². The smallest absolute Gasteiger partial charge is 0.369 e. The highest BCUT2D eigenvalue weighted by Crippen LogP contribution is 2.34. The Labute approximate surface area is 371 Å². The van der Waals surface area contributed by atoms with Crippen molar-refractivity contribution in [1.29, 1.82) is 0 Å². The summed E-state index contributed by atoms with van der Waals surface area (Å²) < 4.78 is 53.0. The summed E-state index contributed by atoms with van der Waals surface area (Å²) in [6, 6.07) is 22.5. The van der Waals surface area contributed by atoms with E-state index in [0.717, 1.165) is 108 Å². The van der Waals surface area contributed by atoms with Crippen LogP contribution in [0.25, 0.3) is 0 Å². The number of nitrogens with one attached hydrogen (secondary N) is 1. The number of carbonyl (C=O) groups excluding carboxylic acids is 3. The summed E-state index contributed by atoms with van der Waals surface area (Å²) in [5.41, 5.74) is 8.34. The number of likely N-dealkylation sites (tertiary alicyclic amines) is 1. The van der Waals surface area contributed by atoms with Crippen LogP contribution in [-0.2, 0) is 27.0 Å². The molecule has 0 unspecified atom stereocenters. The highest BCUT2D eigenvalue weighted by molar-refractivity contribution is 5.96. The molecule has 3 aromatic rings. The van der Waals surface area contributed by atoms with Crippen molar-refractivity contribution < 1.29 is 31.9 Å². The van der Waals surface area contributed by atoms with Gasteiger partial charge >= 0.3 is 6.18 Å². The number of primary amides is 1. The maximum absolute atomic E-state index is 14.1. The van der Waals surface area contributed by atoms with E-state index < -0.39 is 23.5 Å². The molecule has 10 nitrogen and oxygen atoms in total. The number of rotatable bonds is 15. The zero-order valence-corrected chi connectivity index (χ0v) is 37.0. The lowest BCUT2D eigenvalue weighted by molar-refractivity contribution is -0.137. The number of Topliss-reactive ketones (excluding diaryl/α,β-unsaturated/α-hetero) is 1.